The second-order valence-electron chi connectivity index (χ2n) is 4.41. The van der Waals surface area contributed by atoms with Gasteiger partial charge in [0.1, 0.15) is 0 Å². The number of nitrogens with zero attached hydrogens (tertiary/aromatic N) is 1. The molecule has 0 aliphatic rings. The van der Waals surface area contributed by atoms with Gasteiger partial charge in [-0.3, -0.25) is 4.99 Å². The molecule has 0 unspecified atom stereocenters. The van der Waals surface area contributed by atoms with Gasteiger partial charge in [0.2, 0.25) is 0 Å². The van der Waals surface area contributed by atoms with E-state index in [1.165, 1.54) is 0 Å². The van der Waals surface area contributed by atoms with Gasteiger partial charge in [-0.2, -0.15) is 0 Å². The van der Waals surface area contributed by atoms with Crippen molar-refractivity contribution in [2.45, 2.75) is 47.0 Å². The first-order chi connectivity index (χ1) is 8.17. The summed E-state index contributed by atoms with van der Waals surface area (Å²) in [5.41, 5.74) is 0.144. The van der Waals surface area contributed by atoms with E-state index in [-0.39, 0.29) is 36.0 Å². The van der Waals surface area contributed by atoms with Gasteiger partial charge < -0.3 is 15.7 Å². The molecule has 0 spiro atoms. The lowest BCUT2D eigenvalue weighted by Crippen LogP contribution is -2.38. The SMILES string of the molecule is CCNC(=NCC(CC)(CC)CCO)NCC.I. The zero-order valence-corrected chi connectivity index (χ0v) is 14.6. The average Bonchev–Trinajstić information content (AvgIpc) is 2.35. The number of aliphatic hydroxyl groups excluding tert-OH is 1. The van der Waals surface area contributed by atoms with E-state index in [0.717, 1.165) is 44.9 Å². The maximum atomic E-state index is 9.16. The summed E-state index contributed by atoms with van der Waals surface area (Å²) in [6.45, 7) is 11.2. The van der Waals surface area contributed by atoms with Gasteiger partial charge in [-0.15, -0.1) is 24.0 Å². The van der Waals surface area contributed by atoms with Crippen molar-refractivity contribution in [3.8, 4) is 0 Å². The van der Waals surface area contributed by atoms with E-state index in [1.807, 2.05) is 0 Å². The summed E-state index contributed by atoms with van der Waals surface area (Å²) >= 11 is 0. The zero-order chi connectivity index (χ0) is 13.1. The van der Waals surface area contributed by atoms with E-state index in [2.05, 4.69) is 43.3 Å². The Morgan fingerprint density at radius 3 is 1.89 bits per heavy atom. The minimum absolute atomic E-state index is 0. The van der Waals surface area contributed by atoms with Crippen LogP contribution < -0.4 is 10.6 Å². The van der Waals surface area contributed by atoms with Crippen molar-refractivity contribution in [1.29, 1.82) is 0 Å². The van der Waals surface area contributed by atoms with Crippen molar-refractivity contribution in [3.05, 3.63) is 0 Å². The molecular formula is C13H30IN3O. The number of aliphatic imine (C=N–C) groups is 1. The molecule has 0 aromatic rings. The fourth-order valence-corrected chi connectivity index (χ4v) is 1.90. The molecule has 0 saturated carbocycles. The van der Waals surface area contributed by atoms with Gasteiger partial charge >= 0.3 is 0 Å². The molecule has 0 radical (unpaired) electrons. The van der Waals surface area contributed by atoms with Crippen molar-refractivity contribution in [2.24, 2.45) is 10.4 Å². The molecular weight excluding hydrogens is 341 g/mol. The van der Waals surface area contributed by atoms with Crippen LogP contribution in [0.4, 0.5) is 0 Å². The maximum Gasteiger partial charge on any atom is 0.191 e. The van der Waals surface area contributed by atoms with Gasteiger partial charge in [-0.25, -0.2) is 0 Å². The van der Waals surface area contributed by atoms with Gasteiger partial charge in [0.25, 0.3) is 0 Å². The highest BCUT2D eigenvalue weighted by atomic mass is 127. The van der Waals surface area contributed by atoms with Crippen LogP contribution >= 0.6 is 24.0 Å². The first-order valence-corrected chi connectivity index (χ1v) is 6.81. The molecule has 0 aliphatic heterocycles. The summed E-state index contributed by atoms with van der Waals surface area (Å²) in [6, 6.07) is 0. The molecule has 0 amide bonds. The molecule has 5 heteroatoms. The summed E-state index contributed by atoms with van der Waals surface area (Å²) in [5, 5.41) is 15.6. The van der Waals surface area contributed by atoms with E-state index < -0.39 is 0 Å². The highest BCUT2D eigenvalue weighted by molar-refractivity contribution is 14.0. The second-order valence-corrected chi connectivity index (χ2v) is 4.41. The molecule has 3 N–H and O–H groups in total. The molecule has 0 aromatic carbocycles. The van der Waals surface area contributed by atoms with Crippen LogP contribution in [0.3, 0.4) is 0 Å². The number of aliphatic hydroxyl groups is 1. The van der Waals surface area contributed by atoms with Crippen LogP contribution in [0.15, 0.2) is 4.99 Å². The van der Waals surface area contributed by atoms with Gasteiger partial charge in [-0.05, 0) is 38.5 Å². The van der Waals surface area contributed by atoms with E-state index >= 15 is 0 Å². The van der Waals surface area contributed by atoms with Gasteiger partial charge in [0, 0.05) is 26.2 Å². The van der Waals surface area contributed by atoms with Gasteiger partial charge in [-0.1, -0.05) is 13.8 Å². The van der Waals surface area contributed by atoms with Crippen molar-refractivity contribution < 1.29 is 5.11 Å². The molecule has 18 heavy (non-hydrogen) atoms. The number of rotatable bonds is 8. The third-order valence-corrected chi connectivity index (χ3v) is 3.40. The van der Waals surface area contributed by atoms with Crippen LogP contribution in [0.5, 0.6) is 0 Å². The maximum absolute atomic E-state index is 9.16. The van der Waals surface area contributed by atoms with Gasteiger partial charge in [0.15, 0.2) is 5.96 Å². The number of guanidine groups is 1. The number of nitrogens with one attached hydrogen (secondary N) is 2. The first-order valence-electron chi connectivity index (χ1n) is 6.81. The summed E-state index contributed by atoms with van der Waals surface area (Å²) < 4.78 is 0. The quantitative estimate of drug-likeness (QED) is 0.349. The van der Waals surface area contributed by atoms with Crippen molar-refractivity contribution in [3.63, 3.8) is 0 Å². The number of hydrogen-bond acceptors (Lipinski definition) is 2. The smallest absolute Gasteiger partial charge is 0.191 e. The zero-order valence-electron chi connectivity index (χ0n) is 12.3. The fourth-order valence-electron chi connectivity index (χ4n) is 1.90. The Kier molecular flexibility index (Phi) is 13.5. The molecule has 110 valence electrons. The summed E-state index contributed by atoms with van der Waals surface area (Å²) in [4.78, 5) is 4.62. The third-order valence-electron chi connectivity index (χ3n) is 3.40. The third kappa shape index (κ3) is 7.41. The topological polar surface area (TPSA) is 56.7 Å². The number of hydrogen-bond donors (Lipinski definition) is 3. The molecule has 0 rings (SSSR count). The Morgan fingerprint density at radius 1 is 1.06 bits per heavy atom. The monoisotopic (exact) mass is 371 g/mol. The summed E-state index contributed by atoms with van der Waals surface area (Å²) in [6.07, 6.45) is 2.94. The largest absolute Gasteiger partial charge is 0.396 e. The van der Waals surface area contributed by atoms with E-state index in [9.17, 15) is 0 Å². The first kappa shape index (κ1) is 20.3. The number of halogens is 1. The van der Waals surface area contributed by atoms with Crippen molar-refractivity contribution >= 4 is 29.9 Å². The normalized spacial score (nSPS) is 10.5. The van der Waals surface area contributed by atoms with E-state index in [0.29, 0.717) is 0 Å². The second kappa shape index (κ2) is 12.0. The molecule has 0 atom stereocenters. The lowest BCUT2D eigenvalue weighted by atomic mass is 9.79. The van der Waals surface area contributed by atoms with Crippen LogP contribution in [0.2, 0.25) is 0 Å². The minimum atomic E-state index is 0. The van der Waals surface area contributed by atoms with Crippen LogP contribution in [0, 0.1) is 5.41 Å². The van der Waals surface area contributed by atoms with Crippen molar-refractivity contribution in [1.82, 2.24) is 10.6 Å². The highest BCUT2D eigenvalue weighted by Gasteiger charge is 2.25. The van der Waals surface area contributed by atoms with E-state index in [4.69, 9.17) is 5.11 Å². The molecule has 0 heterocycles. The van der Waals surface area contributed by atoms with Crippen molar-refractivity contribution in [2.75, 3.05) is 26.2 Å². The molecule has 4 nitrogen and oxygen atoms in total. The molecule has 0 bridgehead atoms. The molecule has 0 saturated heterocycles. The molecule has 0 aromatic heterocycles. The Morgan fingerprint density at radius 2 is 1.56 bits per heavy atom. The standard InChI is InChI=1S/C13H29N3O.HI/c1-5-13(6-2,9-10-17)11-16-12(14-7-3)15-8-4;/h17H,5-11H2,1-4H3,(H2,14,15,16);1H. The Labute approximate surface area is 129 Å². The van der Waals surface area contributed by atoms with Crippen LogP contribution in [-0.2, 0) is 0 Å². The lowest BCUT2D eigenvalue weighted by Gasteiger charge is -2.29. The Balaban J connectivity index is 0. The van der Waals surface area contributed by atoms with Crippen LogP contribution in [0.1, 0.15) is 47.0 Å². The summed E-state index contributed by atoms with van der Waals surface area (Å²) in [5.74, 6) is 0.874. The van der Waals surface area contributed by atoms with Crippen LogP contribution in [-0.4, -0.2) is 37.3 Å². The van der Waals surface area contributed by atoms with Gasteiger partial charge in [0.05, 0.1) is 0 Å². The van der Waals surface area contributed by atoms with Crippen LogP contribution in [0.25, 0.3) is 0 Å². The molecule has 0 aliphatic carbocycles. The fraction of sp³-hybridized carbons (Fsp3) is 0.923. The highest BCUT2D eigenvalue weighted by Crippen LogP contribution is 2.30. The predicted octanol–water partition coefficient (Wildman–Crippen LogP) is 2.37. The lowest BCUT2D eigenvalue weighted by molar-refractivity contribution is 0.175. The Bertz CT molecular complexity index is 210. The minimum Gasteiger partial charge on any atom is -0.396 e. The average molecular weight is 371 g/mol. The molecule has 0 fully saturated rings. The Hall–Kier alpha value is -0.0400. The predicted molar refractivity (Wildman–Crippen MR) is 89.8 cm³/mol. The van der Waals surface area contributed by atoms with E-state index in [1.54, 1.807) is 0 Å². The summed E-state index contributed by atoms with van der Waals surface area (Å²) in [7, 11) is 0.